The number of furan rings is 1. The van der Waals surface area contributed by atoms with E-state index in [1.807, 2.05) is 17.6 Å². The summed E-state index contributed by atoms with van der Waals surface area (Å²) in [6.07, 6.45) is 1.85. The molecule has 2 aromatic heterocycles. The molecule has 0 aliphatic heterocycles. The summed E-state index contributed by atoms with van der Waals surface area (Å²) in [4.78, 5) is 14.5. The molecule has 1 aromatic carbocycles. The highest BCUT2D eigenvalue weighted by Gasteiger charge is 2.19. The van der Waals surface area contributed by atoms with Crippen molar-refractivity contribution in [3.63, 3.8) is 0 Å². The van der Waals surface area contributed by atoms with Crippen LogP contribution < -0.4 is 0 Å². The topological polar surface area (TPSA) is 88.0 Å². The predicted octanol–water partition coefficient (Wildman–Crippen LogP) is 4.89. The number of nitrogens with zero attached hydrogens (tertiary/aromatic N) is 5. The van der Waals surface area contributed by atoms with Gasteiger partial charge in [0.15, 0.2) is 11.0 Å². The monoisotopic (exact) mass is 451 g/mol. The number of nitriles is 1. The van der Waals surface area contributed by atoms with Gasteiger partial charge in [-0.05, 0) is 30.0 Å². The van der Waals surface area contributed by atoms with Gasteiger partial charge in [0.05, 0.1) is 31.1 Å². The third-order valence-corrected chi connectivity index (χ3v) is 6.09. The van der Waals surface area contributed by atoms with E-state index in [1.165, 1.54) is 17.3 Å². The molecular weight excluding hydrogens is 422 g/mol. The number of hydrogen-bond acceptors (Lipinski definition) is 6. The first-order valence-corrected chi connectivity index (χ1v) is 11.7. The van der Waals surface area contributed by atoms with Crippen molar-refractivity contribution in [2.24, 2.45) is 0 Å². The first-order valence-electron chi connectivity index (χ1n) is 10.7. The summed E-state index contributed by atoms with van der Waals surface area (Å²) in [5.74, 6) is 1.63. The molecule has 0 spiro atoms. The summed E-state index contributed by atoms with van der Waals surface area (Å²) in [6.45, 7) is 10.0. The zero-order valence-corrected chi connectivity index (χ0v) is 19.9. The molecular formula is C24H29N5O2S. The van der Waals surface area contributed by atoms with Gasteiger partial charge in [-0.25, -0.2) is 0 Å². The summed E-state index contributed by atoms with van der Waals surface area (Å²) >= 11 is 1.36. The number of amides is 1. The van der Waals surface area contributed by atoms with E-state index >= 15 is 0 Å². The van der Waals surface area contributed by atoms with Gasteiger partial charge in [-0.2, -0.15) is 5.26 Å². The van der Waals surface area contributed by atoms with Crippen molar-refractivity contribution < 1.29 is 9.21 Å². The highest BCUT2D eigenvalue weighted by Crippen LogP contribution is 2.28. The lowest BCUT2D eigenvalue weighted by molar-refractivity contribution is -0.129. The highest BCUT2D eigenvalue weighted by atomic mass is 32.2. The Bertz CT molecular complexity index is 1060. The average Bonchev–Trinajstić information content (AvgIpc) is 3.43. The Kier molecular flexibility index (Phi) is 7.75. The summed E-state index contributed by atoms with van der Waals surface area (Å²) in [7, 11) is 0. The summed E-state index contributed by atoms with van der Waals surface area (Å²) in [6, 6.07) is 14.1. The molecule has 8 heteroatoms. The lowest BCUT2D eigenvalue weighted by atomic mass is 9.87. The normalized spacial score (nSPS) is 11.3. The SMILES string of the molecule is CCn1c(SCC(=O)N(CCC#N)Cc2ccco2)nnc1-c1ccc(C(C)(C)C)cc1. The predicted molar refractivity (Wildman–Crippen MR) is 125 cm³/mol. The number of benzene rings is 1. The molecule has 0 aliphatic rings. The number of thioether (sulfide) groups is 1. The molecule has 0 fully saturated rings. The Balaban J connectivity index is 1.71. The van der Waals surface area contributed by atoms with Crippen LogP contribution in [0.2, 0.25) is 0 Å². The molecule has 0 N–H and O–H groups in total. The standard InChI is InChI=1S/C24H29N5O2S/c1-5-29-22(18-9-11-19(12-10-18)24(2,3)4)26-27-23(29)32-17-21(30)28(14-7-13-25)16-20-8-6-15-31-20/h6,8-12,15H,5,7,14,16-17H2,1-4H3. The first kappa shape index (κ1) is 23.6. The van der Waals surface area contributed by atoms with Crippen LogP contribution in [-0.4, -0.2) is 37.9 Å². The van der Waals surface area contributed by atoms with Gasteiger partial charge in [-0.1, -0.05) is 56.8 Å². The van der Waals surface area contributed by atoms with Gasteiger partial charge in [0, 0.05) is 18.7 Å². The molecule has 0 atom stereocenters. The van der Waals surface area contributed by atoms with E-state index in [-0.39, 0.29) is 23.5 Å². The van der Waals surface area contributed by atoms with E-state index in [9.17, 15) is 4.79 Å². The molecule has 2 heterocycles. The van der Waals surface area contributed by atoms with Crippen molar-refractivity contribution in [2.45, 2.75) is 57.8 Å². The molecule has 0 saturated carbocycles. The van der Waals surface area contributed by atoms with Crippen LogP contribution in [0.5, 0.6) is 0 Å². The smallest absolute Gasteiger partial charge is 0.233 e. The first-order chi connectivity index (χ1) is 15.3. The maximum atomic E-state index is 12.9. The molecule has 0 unspecified atom stereocenters. The largest absolute Gasteiger partial charge is 0.467 e. The van der Waals surface area contributed by atoms with Crippen LogP contribution in [0.3, 0.4) is 0 Å². The zero-order chi connectivity index (χ0) is 23.1. The summed E-state index contributed by atoms with van der Waals surface area (Å²) < 4.78 is 7.39. The Morgan fingerprint density at radius 2 is 1.97 bits per heavy atom. The number of carbonyl (C=O) groups excluding carboxylic acids is 1. The second-order valence-electron chi connectivity index (χ2n) is 8.47. The average molecular weight is 452 g/mol. The molecule has 0 radical (unpaired) electrons. The molecule has 168 valence electrons. The maximum Gasteiger partial charge on any atom is 0.233 e. The minimum Gasteiger partial charge on any atom is -0.467 e. The fourth-order valence-electron chi connectivity index (χ4n) is 3.30. The fraction of sp³-hybridized carbons (Fsp3) is 0.417. The van der Waals surface area contributed by atoms with Crippen LogP contribution in [0, 0.1) is 11.3 Å². The summed E-state index contributed by atoms with van der Waals surface area (Å²) in [5, 5.41) is 18.4. The van der Waals surface area contributed by atoms with Gasteiger partial charge in [0.2, 0.25) is 5.91 Å². The Hall–Kier alpha value is -3.05. The lowest BCUT2D eigenvalue weighted by Gasteiger charge is -2.20. The fourth-order valence-corrected chi connectivity index (χ4v) is 4.20. The van der Waals surface area contributed by atoms with Crippen LogP contribution in [0.1, 0.15) is 45.4 Å². The van der Waals surface area contributed by atoms with Crippen molar-refractivity contribution in [3.05, 3.63) is 54.0 Å². The van der Waals surface area contributed by atoms with Crippen LogP contribution in [0.4, 0.5) is 0 Å². The Morgan fingerprint density at radius 1 is 1.22 bits per heavy atom. The Labute approximate surface area is 193 Å². The van der Waals surface area contributed by atoms with E-state index in [2.05, 4.69) is 61.3 Å². The van der Waals surface area contributed by atoms with E-state index in [4.69, 9.17) is 9.68 Å². The highest BCUT2D eigenvalue weighted by molar-refractivity contribution is 7.99. The van der Waals surface area contributed by atoms with Crippen LogP contribution >= 0.6 is 11.8 Å². The lowest BCUT2D eigenvalue weighted by Crippen LogP contribution is -2.32. The number of aromatic nitrogens is 3. The number of carbonyl (C=O) groups is 1. The quantitative estimate of drug-likeness (QED) is 0.431. The van der Waals surface area contributed by atoms with Gasteiger partial charge in [-0.3, -0.25) is 4.79 Å². The maximum absolute atomic E-state index is 12.9. The van der Waals surface area contributed by atoms with E-state index in [1.54, 1.807) is 17.2 Å². The number of hydrogen-bond donors (Lipinski definition) is 0. The molecule has 0 bridgehead atoms. The Morgan fingerprint density at radius 3 is 2.56 bits per heavy atom. The third-order valence-electron chi connectivity index (χ3n) is 5.14. The molecule has 3 rings (SSSR count). The molecule has 0 aliphatic carbocycles. The van der Waals surface area contributed by atoms with E-state index in [0.717, 1.165) is 11.4 Å². The van der Waals surface area contributed by atoms with Crippen molar-refractivity contribution >= 4 is 17.7 Å². The minimum absolute atomic E-state index is 0.0663. The summed E-state index contributed by atoms with van der Waals surface area (Å²) in [5.41, 5.74) is 2.35. The van der Waals surface area contributed by atoms with Crippen molar-refractivity contribution in [1.82, 2.24) is 19.7 Å². The van der Waals surface area contributed by atoms with Crippen LogP contribution in [-0.2, 0) is 23.3 Å². The second kappa shape index (κ2) is 10.5. The van der Waals surface area contributed by atoms with Crippen molar-refractivity contribution in [1.29, 1.82) is 5.26 Å². The van der Waals surface area contributed by atoms with Gasteiger partial charge < -0.3 is 13.9 Å². The van der Waals surface area contributed by atoms with Gasteiger partial charge in [0.1, 0.15) is 5.76 Å². The van der Waals surface area contributed by atoms with Gasteiger partial charge >= 0.3 is 0 Å². The van der Waals surface area contributed by atoms with Crippen molar-refractivity contribution in [2.75, 3.05) is 12.3 Å². The van der Waals surface area contributed by atoms with Crippen LogP contribution in [0.15, 0.2) is 52.2 Å². The number of rotatable bonds is 9. The van der Waals surface area contributed by atoms with Gasteiger partial charge in [0.25, 0.3) is 0 Å². The van der Waals surface area contributed by atoms with E-state index < -0.39 is 0 Å². The molecule has 7 nitrogen and oxygen atoms in total. The van der Waals surface area contributed by atoms with Crippen molar-refractivity contribution in [3.8, 4) is 17.5 Å². The zero-order valence-electron chi connectivity index (χ0n) is 19.0. The molecule has 1 amide bonds. The van der Waals surface area contributed by atoms with Gasteiger partial charge in [-0.15, -0.1) is 10.2 Å². The second-order valence-corrected chi connectivity index (χ2v) is 9.41. The van der Waals surface area contributed by atoms with Crippen LogP contribution in [0.25, 0.3) is 11.4 Å². The third kappa shape index (κ3) is 5.80. The molecule has 0 saturated heterocycles. The molecule has 3 aromatic rings. The molecule has 32 heavy (non-hydrogen) atoms. The minimum atomic E-state index is -0.0663. The van der Waals surface area contributed by atoms with E-state index in [0.29, 0.717) is 30.6 Å².